The summed E-state index contributed by atoms with van der Waals surface area (Å²) in [5.41, 5.74) is 8.41. The first kappa shape index (κ1) is 14.7. The van der Waals surface area contributed by atoms with E-state index in [1.165, 1.54) is 0 Å². The Morgan fingerprint density at radius 2 is 1.85 bits per heavy atom. The summed E-state index contributed by atoms with van der Waals surface area (Å²) in [4.78, 5) is 12.1. The first-order valence-electron chi connectivity index (χ1n) is 7.16. The second kappa shape index (κ2) is 4.69. The predicted octanol–water partition coefficient (Wildman–Crippen LogP) is 2.87. The predicted molar refractivity (Wildman–Crippen MR) is 83.8 cm³/mol. The summed E-state index contributed by atoms with van der Waals surface area (Å²) < 4.78 is 0. The Bertz CT molecular complexity index is 521. The lowest BCUT2D eigenvalue weighted by Crippen LogP contribution is -2.24. The minimum Gasteiger partial charge on any atom is -0.399 e. The van der Waals surface area contributed by atoms with Crippen LogP contribution in [-0.4, -0.2) is 18.5 Å². The minimum absolute atomic E-state index is 0.0636. The van der Waals surface area contributed by atoms with Crippen LogP contribution in [0.15, 0.2) is 18.2 Å². The van der Waals surface area contributed by atoms with Crippen LogP contribution in [0, 0.1) is 10.8 Å². The van der Waals surface area contributed by atoms with E-state index >= 15 is 0 Å². The molecular weight excluding hydrogens is 250 g/mol. The van der Waals surface area contributed by atoms with Gasteiger partial charge in [0, 0.05) is 24.0 Å². The standard InChI is InChI=1S/C16H25N3O/c1-6-18-13(20)11-8-7-10(17)9-12(11)19-14-15(2,3)16(14,4)5/h7-9,14,19H,6,17H2,1-5H3,(H,18,20). The van der Waals surface area contributed by atoms with E-state index in [1.807, 2.05) is 13.0 Å². The summed E-state index contributed by atoms with van der Waals surface area (Å²) in [5.74, 6) is -0.0636. The molecule has 1 amide bonds. The van der Waals surface area contributed by atoms with E-state index in [0.717, 1.165) is 5.69 Å². The highest BCUT2D eigenvalue weighted by molar-refractivity contribution is 6.00. The number of carbonyl (C=O) groups excluding carboxylic acids is 1. The topological polar surface area (TPSA) is 67.2 Å². The summed E-state index contributed by atoms with van der Waals surface area (Å²) in [5, 5.41) is 6.34. The molecule has 0 saturated heterocycles. The largest absolute Gasteiger partial charge is 0.399 e. The molecule has 4 N–H and O–H groups in total. The minimum atomic E-state index is -0.0636. The van der Waals surface area contributed by atoms with E-state index in [9.17, 15) is 4.79 Å². The zero-order chi connectivity index (χ0) is 15.1. The van der Waals surface area contributed by atoms with Gasteiger partial charge in [-0.25, -0.2) is 0 Å². The molecular formula is C16H25N3O. The van der Waals surface area contributed by atoms with E-state index in [2.05, 4.69) is 38.3 Å². The second-order valence-electron chi connectivity index (χ2n) is 6.69. The van der Waals surface area contributed by atoms with Crippen LogP contribution in [-0.2, 0) is 0 Å². The summed E-state index contributed by atoms with van der Waals surface area (Å²) in [6.07, 6.45) is 0. The lowest BCUT2D eigenvalue weighted by molar-refractivity contribution is 0.0956. The molecule has 0 spiro atoms. The van der Waals surface area contributed by atoms with Crippen molar-refractivity contribution in [2.75, 3.05) is 17.6 Å². The number of rotatable bonds is 4. The number of nitrogen functional groups attached to an aromatic ring is 1. The van der Waals surface area contributed by atoms with Crippen LogP contribution in [0.25, 0.3) is 0 Å². The van der Waals surface area contributed by atoms with Gasteiger partial charge in [0.05, 0.1) is 5.56 Å². The molecule has 1 fully saturated rings. The molecule has 0 radical (unpaired) electrons. The molecule has 0 heterocycles. The van der Waals surface area contributed by atoms with Crippen molar-refractivity contribution in [1.82, 2.24) is 5.32 Å². The van der Waals surface area contributed by atoms with Crippen molar-refractivity contribution in [3.05, 3.63) is 23.8 Å². The van der Waals surface area contributed by atoms with Crippen LogP contribution in [0.5, 0.6) is 0 Å². The van der Waals surface area contributed by atoms with Crippen molar-refractivity contribution in [2.24, 2.45) is 10.8 Å². The van der Waals surface area contributed by atoms with Crippen molar-refractivity contribution in [1.29, 1.82) is 0 Å². The Morgan fingerprint density at radius 3 is 2.35 bits per heavy atom. The third-order valence-electron chi connectivity index (χ3n) is 4.95. The first-order chi connectivity index (χ1) is 9.21. The molecule has 2 rings (SSSR count). The van der Waals surface area contributed by atoms with Gasteiger partial charge < -0.3 is 16.4 Å². The number of hydrogen-bond acceptors (Lipinski definition) is 3. The van der Waals surface area contributed by atoms with Gasteiger partial charge in [-0.05, 0) is 36.0 Å². The monoisotopic (exact) mass is 275 g/mol. The van der Waals surface area contributed by atoms with Crippen molar-refractivity contribution in [3.63, 3.8) is 0 Å². The van der Waals surface area contributed by atoms with E-state index < -0.39 is 0 Å². The number of hydrogen-bond donors (Lipinski definition) is 3. The van der Waals surface area contributed by atoms with Crippen LogP contribution >= 0.6 is 0 Å². The van der Waals surface area contributed by atoms with E-state index in [-0.39, 0.29) is 16.7 Å². The number of nitrogens with two attached hydrogens (primary N) is 1. The van der Waals surface area contributed by atoms with Gasteiger partial charge in [0.25, 0.3) is 5.91 Å². The average Bonchev–Trinajstić information content (AvgIpc) is 2.72. The van der Waals surface area contributed by atoms with E-state index in [4.69, 9.17) is 5.73 Å². The third kappa shape index (κ3) is 2.23. The second-order valence-corrected chi connectivity index (χ2v) is 6.69. The SMILES string of the molecule is CCNC(=O)c1ccc(N)cc1NC1C(C)(C)C1(C)C. The maximum absolute atomic E-state index is 12.1. The molecule has 20 heavy (non-hydrogen) atoms. The lowest BCUT2D eigenvalue weighted by atomic mass is 10.0. The number of anilines is 2. The highest BCUT2D eigenvalue weighted by atomic mass is 16.1. The Kier molecular flexibility index (Phi) is 3.44. The molecule has 1 aromatic carbocycles. The van der Waals surface area contributed by atoms with Crippen LogP contribution < -0.4 is 16.4 Å². The summed E-state index contributed by atoms with van der Waals surface area (Å²) in [6.45, 7) is 11.5. The Morgan fingerprint density at radius 1 is 1.25 bits per heavy atom. The lowest BCUT2D eigenvalue weighted by Gasteiger charge is -2.14. The maximum Gasteiger partial charge on any atom is 0.253 e. The van der Waals surface area contributed by atoms with Crippen LogP contribution in [0.1, 0.15) is 45.0 Å². The Balaban J connectivity index is 2.28. The van der Waals surface area contributed by atoms with Gasteiger partial charge in [0.2, 0.25) is 0 Å². The van der Waals surface area contributed by atoms with Gasteiger partial charge in [-0.2, -0.15) is 0 Å². The van der Waals surface area contributed by atoms with Crippen LogP contribution in [0.3, 0.4) is 0 Å². The quantitative estimate of drug-likeness (QED) is 0.740. The van der Waals surface area contributed by atoms with E-state index in [1.54, 1.807) is 12.1 Å². The fourth-order valence-corrected chi connectivity index (χ4v) is 2.85. The highest BCUT2D eigenvalue weighted by Gasteiger charge is 2.65. The molecule has 1 aliphatic rings. The number of carbonyl (C=O) groups is 1. The molecule has 4 heteroatoms. The Labute approximate surface area is 121 Å². The van der Waals surface area contributed by atoms with Gasteiger partial charge in [0.15, 0.2) is 0 Å². The zero-order valence-electron chi connectivity index (χ0n) is 13.0. The molecule has 4 nitrogen and oxygen atoms in total. The van der Waals surface area contributed by atoms with Crippen molar-refractivity contribution >= 4 is 17.3 Å². The first-order valence-corrected chi connectivity index (χ1v) is 7.16. The molecule has 0 bridgehead atoms. The third-order valence-corrected chi connectivity index (χ3v) is 4.95. The fourth-order valence-electron chi connectivity index (χ4n) is 2.85. The fraction of sp³-hybridized carbons (Fsp3) is 0.562. The molecule has 1 aromatic rings. The van der Waals surface area contributed by atoms with E-state index in [0.29, 0.717) is 23.8 Å². The van der Waals surface area contributed by atoms with Crippen LogP contribution in [0.4, 0.5) is 11.4 Å². The van der Waals surface area contributed by atoms with Gasteiger partial charge in [0.1, 0.15) is 0 Å². The highest BCUT2D eigenvalue weighted by Crippen LogP contribution is 2.63. The van der Waals surface area contributed by atoms with Crippen molar-refractivity contribution in [3.8, 4) is 0 Å². The van der Waals surface area contributed by atoms with Gasteiger partial charge in [-0.15, -0.1) is 0 Å². The normalized spacial score (nSPS) is 19.4. The molecule has 0 aromatic heterocycles. The summed E-state index contributed by atoms with van der Waals surface area (Å²) in [6, 6.07) is 5.73. The van der Waals surface area contributed by atoms with Crippen molar-refractivity contribution < 1.29 is 4.79 Å². The van der Waals surface area contributed by atoms with Crippen molar-refractivity contribution in [2.45, 2.75) is 40.7 Å². The number of amides is 1. The van der Waals surface area contributed by atoms with Gasteiger partial charge in [-0.3, -0.25) is 4.79 Å². The average molecular weight is 275 g/mol. The molecule has 110 valence electrons. The zero-order valence-corrected chi connectivity index (χ0v) is 13.0. The summed E-state index contributed by atoms with van der Waals surface area (Å²) >= 11 is 0. The molecule has 0 atom stereocenters. The molecule has 1 saturated carbocycles. The Hall–Kier alpha value is -1.71. The van der Waals surface area contributed by atoms with Gasteiger partial charge >= 0.3 is 0 Å². The number of nitrogens with one attached hydrogen (secondary N) is 2. The number of benzene rings is 1. The molecule has 1 aliphatic carbocycles. The summed E-state index contributed by atoms with van der Waals surface area (Å²) in [7, 11) is 0. The molecule has 0 unspecified atom stereocenters. The smallest absolute Gasteiger partial charge is 0.253 e. The van der Waals surface area contributed by atoms with Gasteiger partial charge in [-0.1, -0.05) is 27.7 Å². The van der Waals surface area contributed by atoms with Crippen LogP contribution in [0.2, 0.25) is 0 Å². The maximum atomic E-state index is 12.1. The molecule has 0 aliphatic heterocycles.